The minimum atomic E-state index is -0.919. The van der Waals surface area contributed by atoms with Crippen LogP contribution in [0.1, 0.15) is 12.0 Å². The van der Waals surface area contributed by atoms with Gasteiger partial charge >= 0.3 is 5.97 Å². The van der Waals surface area contributed by atoms with Gasteiger partial charge in [-0.1, -0.05) is 0 Å². The molecule has 1 aliphatic heterocycles. The molecule has 0 spiro atoms. The van der Waals surface area contributed by atoms with Gasteiger partial charge in [-0.2, -0.15) is 0 Å². The van der Waals surface area contributed by atoms with Crippen LogP contribution in [-0.4, -0.2) is 28.5 Å². The van der Waals surface area contributed by atoms with Crippen molar-refractivity contribution >= 4 is 17.6 Å². The van der Waals surface area contributed by atoms with Gasteiger partial charge < -0.3 is 10.0 Å². The number of aromatic nitrogens is 1. The van der Waals surface area contributed by atoms with Gasteiger partial charge in [0.05, 0.1) is 17.8 Å². The first-order valence-corrected chi connectivity index (χ1v) is 5.03. The lowest BCUT2D eigenvalue weighted by atomic mass is 10.1. The van der Waals surface area contributed by atoms with Crippen LogP contribution in [0.3, 0.4) is 0 Å². The molecule has 0 aliphatic carbocycles. The lowest BCUT2D eigenvalue weighted by molar-refractivity contribution is -0.141. The average molecular weight is 220 g/mol. The SMILES string of the molecule is Cc1ccncc1N1CC(C(=O)O)CC1=O. The van der Waals surface area contributed by atoms with Crippen molar-refractivity contribution in [2.45, 2.75) is 13.3 Å². The fourth-order valence-corrected chi connectivity index (χ4v) is 1.84. The van der Waals surface area contributed by atoms with E-state index in [9.17, 15) is 9.59 Å². The summed E-state index contributed by atoms with van der Waals surface area (Å²) in [6.07, 6.45) is 3.31. The molecular weight excluding hydrogens is 208 g/mol. The molecule has 5 heteroatoms. The normalized spacial score (nSPS) is 20.2. The standard InChI is InChI=1S/C11H12N2O3/c1-7-2-3-12-5-9(7)13-6-8(11(15)16)4-10(13)14/h2-3,5,8H,4,6H2,1H3,(H,15,16). The summed E-state index contributed by atoms with van der Waals surface area (Å²) in [5, 5.41) is 8.87. The number of carboxylic acid groups (broad SMARTS) is 1. The summed E-state index contributed by atoms with van der Waals surface area (Å²) in [5.74, 6) is -1.67. The first-order chi connectivity index (χ1) is 7.59. The number of carbonyl (C=O) groups excluding carboxylic acids is 1. The number of rotatable bonds is 2. The molecule has 0 aromatic carbocycles. The highest BCUT2D eigenvalue weighted by Gasteiger charge is 2.35. The molecule has 84 valence electrons. The largest absolute Gasteiger partial charge is 0.481 e. The topological polar surface area (TPSA) is 70.5 Å². The highest BCUT2D eigenvalue weighted by Crippen LogP contribution is 2.26. The van der Waals surface area contributed by atoms with Crippen LogP contribution >= 0.6 is 0 Å². The fraction of sp³-hybridized carbons (Fsp3) is 0.364. The van der Waals surface area contributed by atoms with Crippen molar-refractivity contribution < 1.29 is 14.7 Å². The second-order valence-electron chi connectivity index (χ2n) is 3.91. The molecule has 2 rings (SSSR count). The molecule has 1 amide bonds. The van der Waals surface area contributed by atoms with Crippen molar-refractivity contribution in [3.8, 4) is 0 Å². The number of aryl methyl sites for hydroxylation is 1. The minimum absolute atomic E-state index is 0.0731. The van der Waals surface area contributed by atoms with Crippen LogP contribution in [0, 0.1) is 12.8 Å². The van der Waals surface area contributed by atoms with E-state index in [4.69, 9.17) is 5.11 Å². The van der Waals surface area contributed by atoms with E-state index in [-0.39, 0.29) is 18.9 Å². The zero-order valence-electron chi connectivity index (χ0n) is 8.88. The number of hydrogen-bond acceptors (Lipinski definition) is 3. The van der Waals surface area contributed by atoms with Gasteiger partial charge in [0, 0.05) is 19.2 Å². The van der Waals surface area contributed by atoms with Gasteiger partial charge in [0.15, 0.2) is 0 Å². The van der Waals surface area contributed by atoms with E-state index in [1.54, 1.807) is 18.5 Å². The summed E-state index contributed by atoms with van der Waals surface area (Å²) in [4.78, 5) is 27.9. The highest BCUT2D eigenvalue weighted by atomic mass is 16.4. The molecule has 1 aromatic rings. The van der Waals surface area contributed by atoms with E-state index < -0.39 is 11.9 Å². The maximum atomic E-state index is 11.7. The number of aliphatic carboxylic acids is 1. The lowest BCUT2D eigenvalue weighted by Crippen LogP contribution is -2.26. The molecule has 1 saturated heterocycles. The molecule has 1 unspecified atom stereocenters. The summed E-state index contributed by atoms with van der Waals surface area (Å²) in [7, 11) is 0. The minimum Gasteiger partial charge on any atom is -0.481 e. The Labute approximate surface area is 92.7 Å². The van der Waals surface area contributed by atoms with Crippen molar-refractivity contribution in [2.24, 2.45) is 5.92 Å². The Morgan fingerprint density at radius 3 is 2.94 bits per heavy atom. The van der Waals surface area contributed by atoms with E-state index in [1.807, 2.05) is 6.92 Å². The number of amides is 1. The summed E-state index contributed by atoms with van der Waals surface area (Å²) in [5.41, 5.74) is 1.63. The molecular formula is C11H12N2O3. The van der Waals surface area contributed by atoms with Gasteiger partial charge in [0.2, 0.25) is 5.91 Å². The van der Waals surface area contributed by atoms with Crippen LogP contribution in [0.15, 0.2) is 18.5 Å². The van der Waals surface area contributed by atoms with Crippen LogP contribution in [0.5, 0.6) is 0 Å². The van der Waals surface area contributed by atoms with Crippen molar-refractivity contribution in [1.82, 2.24) is 4.98 Å². The van der Waals surface area contributed by atoms with E-state index >= 15 is 0 Å². The zero-order chi connectivity index (χ0) is 11.7. The number of carbonyl (C=O) groups is 2. The van der Waals surface area contributed by atoms with E-state index in [2.05, 4.69) is 4.98 Å². The van der Waals surface area contributed by atoms with Gasteiger partial charge in [0.25, 0.3) is 0 Å². The second-order valence-corrected chi connectivity index (χ2v) is 3.91. The molecule has 0 saturated carbocycles. The molecule has 1 atom stereocenters. The monoisotopic (exact) mass is 220 g/mol. The third kappa shape index (κ3) is 1.76. The maximum Gasteiger partial charge on any atom is 0.308 e. The molecule has 0 bridgehead atoms. The Morgan fingerprint density at radius 2 is 2.38 bits per heavy atom. The van der Waals surface area contributed by atoms with Crippen molar-refractivity contribution in [1.29, 1.82) is 0 Å². The van der Waals surface area contributed by atoms with Gasteiger partial charge in [0.1, 0.15) is 0 Å². The smallest absolute Gasteiger partial charge is 0.308 e. The molecule has 0 radical (unpaired) electrons. The Morgan fingerprint density at radius 1 is 1.62 bits per heavy atom. The second kappa shape index (κ2) is 3.92. The van der Waals surface area contributed by atoms with Gasteiger partial charge in [-0.15, -0.1) is 0 Å². The van der Waals surface area contributed by atoms with Crippen LogP contribution in [-0.2, 0) is 9.59 Å². The number of pyridine rings is 1. The summed E-state index contributed by atoms with van der Waals surface area (Å²) < 4.78 is 0. The Bertz CT molecular complexity index is 445. The molecule has 1 aromatic heterocycles. The van der Waals surface area contributed by atoms with Crippen molar-refractivity contribution in [3.63, 3.8) is 0 Å². The molecule has 1 fully saturated rings. The zero-order valence-corrected chi connectivity index (χ0v) is 8.88. The Kier molecular flexibility index (Phi) is 2.60. The van der Waals surface area contributed by atoms with Crippen LogP contribution in [0.25, 0.3) is 0 Å². The maximum absolute atomic E-state index is 11.7. The van der Waals surface area contributed by atoms with Crippen molar-refractivity contribution in [3.05, 3.63) is 24.0 Å². The third-order valence-corrected chi connectivity index (χ3v) is 2.78. The summed E-state index contributed by atoms with van der Waals surface area (Å²) in [6, 6.07) is 1.80. The van der Waals surface area contributed by atoms with E-state index in [1.165, 1.54) is 4.90 Å². The summed E-state index contributed by atoms with van der Waals surface area (Å²) >= 11 is 0. The van der Waals surface area contributed by atoms with E-state index in [0.717, 1.165) is 5.56 Å². The van der Waals surface area contributed by atoms with Crippen LogP contribution in [0.2, 0.25) is 0 Å². The summed E-state index contributed by atoms with van der Waals surface area (Å²) in [6.45, 7) is 2.11. The van der Waals surface area contributed by atoms with Crippen LogP contribution < -0.4 is 4.90 Å². The predicted molar refractivity (Wildman–Crippen MR) is 57.1 cm³/mol. The van der Waals surface area contributed by atoms with Gasteiger partial charge in [-0.05, 0) is 18.6 Å². The lowest BCUT2D eigenvalue weighted by Gasteiger charge is -2.17. The quantitative estimate of drug-likeness (QED) is 0.801. The first-order valence-electron chi connectivity index (χ1n) is 5.03. The predicted octanol–water partition coefficient (Wildman–Crippen LogP) is 0.828. The Balaban J connectivity index is 2.27. The highest BCUT2D eigenvalue weighted by molar-refractivity contribution is 5.99. The Hall–Kier alpha value is -1.91. The molecule has 1 aliphatic rings. The molecule has 5 nitrogen and oxygen atoms in total. The van der Waals surface area contributed by atoms with E-state index in [0.29, 0.717) is 5.69 Å². The van der Waals surface area contributed by atoms with Gasteiger partial charge in [-0.25, -0.2) is 0 Å². The number of carboxylic acids is 1. The fourth-order valence-electron chi connectivity index (χ4n) is 1.84. The third-order valence-electron chi connectivity index (χ3n) is 2.78. The van der Waals surface area contributed by atoms with Gasteiger partial charge in [-0.3, -0.25) is 14.6 Å². The number of hydrogen-bond donors (Lipinski definition) is 1. The number of anilines is 1. The average Bonchev–Trinajstić information content (AvgIpc) is 2.61. The molecule has 2 heterocycles. The molecule has 16 heavy (non-hydrogen) atoms. The molecule has 1 N–H and O–H groups in total. The number of nitrogens with zero attached hydrogens (tertiary/aromatic N) is 2. The van der Waals surface area contributed by atoms with Crippen molar-refractivity contribution in [2.75, 3.05) is 11.4 Å². The first kappa shape index (κ1) is 10.6. The van der Waals surface area contributed by atoms with Crippen LogP contribution in [0.4, 0.5) is 5.69 Å².